The number of carbonyl (C=O) groups is 1. The number of allylic oxidation sites excluding steroid dienone is 3. The first kappa shape index (κ1) is 17.0. The molecule has 3 atom stereocenters. The molecule has 0 aromatic carbocycles. The molecule has 1 aliphatic carbocycles. The Hall–Kier alpha value is -1.09. The van der Waals surface area contributed by atoms with Crippen LogP contribution in [0.15, 0.2) is 23.3 Å². The van der Waals surface area contributed by atoms with Gasteiger partial charge in [-0.15, -0.1) is 0 Å². The zero-order valence-electron chi connectivity index (χ0n) is 13.4. The summed E-state index contributed by atoms with van der Waals surface area (Å²) >= 11 is 0. The van der Waals surface area contributed by atoms with Crippen LogP contribution in [-0.4, -0.2) is 22.8 Å². The van der Waals surface area contributed by atoms with E-state index in [1.54, 1.807) is 0 Å². The van der Waals surface area contributed by atoms with E-state index in [1.807, 2.05) is 19.9 Å². The van der Waals surface area contributed by atoms with Gasteiger partial charge in [-0.2, -0.15) is 0 Å². The molecule has 20 heavy (non-hydrogen) atoms. The molecule has 0 saturated heterocycles. The Morgan fingerprint density at radius 3 is 2.75 bits per heavy atom. The second kappa shape index (κ2) is 7.07. The lowest BCUT2D eigenvalue weighted by Crippen LogP contribution is -2.50. The summed E-state index contributed by atoms with van der Waals surface area (Å²) in [6, 6.07) is 0. The minimum atomic E-state index is -0.944. The van der Waals surface area contributed by atoms with Crippen LogP contribution in [0.3, 0.4) is 0 Å². The summed E-state index contributed by atoms with van der Waals surface area (Å²) in [4.78, 5) is 11.3. The van der Waals surface area contributed by atoms with Crippen molar-refractivity contribution in [3.05, 3.63) is 23.3 Å². The average Bonchev–Trinajstić information content (AvgIpc) is 2.32. The smallest absolute Gasteiger partial charge is 0.303 e. The fraction of sp³-hybridized carbons (Fsp3) is 0.706. The fourth-order valence-electron chi connectivity index (χ4n) is 2.74. The van der Waals surface area contributed by atoms with Crippen molar-refractivity contribution in [2.45, 2.75) is 72.0 Å². The maximum absolute atomic E-state index is 11.3. The second-order valence-electron chi connectivity index (χ2n) is 6.29. The highest BCUT2D eigenvalue weighted by molar-refractivity contribution is 5.66. The van der Waals surface area contributed by atoms with Crippen molar-refractivity contribution < 1.29 is 14.6 Å². The van der Waals surface area contributed by atoms with E-state index >= 15 is 0 Å². The van der Waals surface area contributed by atoms with Crippen molar-refractivity contribution in [2.75, 3.05) is 0 Å². The molecule has 1 N–H and O–H groups in total. The van der Waals surface area contributed by atoms with E-state index in [0.717, 1.165) is 19.3 Å². The molecule has 3 nitrogen and oxygen atoms in total. The predicted molar refractivity (Wildman–Crippen MR) is 81.3 cm³/mol. The molecule has 0 amide bonds. The van der Waals surface area contributed by atoms with E-state index in [0.29, 0.717) is 6.42 Å². The fourth-order valence-corrected chi connectivity index (χ4v) is 2.74. The monoisotopic (exact) mass is 280 g/mol. The van der Waals surface area contributed by atoms with Gasteiger partial charge in [0, 0.05) is 6.92 Å². The topological polar surface area (TPSA) is 46.5 Å². The van der Waals surface area contributed by atoms with E-state index in [1.165, 1.54) is 18.1 Å². The van der Waals surface area contributed by atoms with Gasteiger partial charge in [0.1, 0.15) is 11.7 Å². The van der Waals surface area contributed by atoms with Gasteiger partial charge < -0.3 is 9.84 Å². The van der Waals surface area contributed by atoms with Crippen molar-refractivity contribution in [3.63, 3.8) is 0 Å². The van der Waals surface area contributed by atoms with Gasteiger partial charge >= 0.3 is 5.97 Å². The van der Waals surface area contributed by atoms with Crippen LogP contribution in [0.4, 0.5) is 0 Å². The summed E-state index contributed by atoms with van der Waals surface area (Å²) in [5.74, 6) is -0.248. The van der Waals surface area contributed by atoms with Crippen LogP contribution >= 0.6 is 0 Å². The minimum absolute atomic E-state index is 0.0896. The average molecular weight is 280 g/mol. The summed E-state index contributed by atoms with van der Waals surface area (Å²) in [5.41, 5.74) is 1.53. The third-order valence-electron chi connectivity index (χ3n) is 4.15. The maximum atomic E-state index is 11.3. The minimum Gasteiger partial charge on any atom is -0.455 e. The molecule has 0 spiro atoms. The van der Waals surface area contributed by atoms with Gasteiger partial charge in [-0.1, -0.05) is 24.1 Å². The van der Waals surface area contributed by atoms with Gasteiger partial charge in [0.05, 0.1) is 0 Å². The van der Waals surface area contributed by atoms with Crippen molar-refractivity contribution >= 4 is 5.97 Å². The highest BCUT2D eigenvalue weighted by Gasteiger charge is 2.44. The molecule has 114 valence electrons. The lowest BCUT2D eigenvalue weighted by Gasteiger charge is -2.41. The molecule has 1 rings (SSSR count). The van der Waals surface area contributed by atoms with E-state index in [-0.39, 0.29) is 11.9 Å². The SMILES string of the molecule is CC(=O)OC1C=C(C)CCC1(O)C(C)CCC=C(C)C. The quantitative estimate of drug-likeness (QED) is 0.616. The third-order valence-corrected chi connectivity index (χ3v) is 4.15. The van der Waals surface area contributed by atoms with E-state index < -0.39 is 11.7 Å². The molecule has 0 aliphatic heterocycles. The Labute approximate surface area is 122 Å². The van der Waals surface area contributed by atoms with Crippen molar-refractivity contribution in [1.29, 1.82) is 0 Å². The van der Waals surface area contributed by atoms with Crippen LogP contribution in [0, 0.1) is 5.92 Å². The maximum Gasteiger partial charge on any atom is 0.303 e. The molecular formula is C17H28O3. The first-order valence-corrected chi connectivity index (χ1v) is 7.46. The van der Waals surface area contributed by atoms with Gasteiger partial charge in [0.2, 0.25) is 0 Å². The van der Waals surface area contributed by atoms with E-state index in [4.69, 9.17) is 4.74 Å². The standard InChI is InChI=1S/C17H28O3/c1-12(2)7-6-8-14(4)17(19)10-9-13(3)11-16(17)20-15(5)18/h7,11,14,16,19H,6,8-10H2,1-5H3. The number of esters is 1. The first-order valence-electron chi connectivity index (χ1n) is 7.46. The van der Waals surface area contributed by atoms with Gasteiger partial charge in [0.25, 0.3) is 0 Å². The molecule has 3 heteroatoms. The van der Waals surface area contributed by atoms with Crippen LogP contribution < -0.4 is 0 Å². The Morgan fingerprint density at radius 2 is 2.20 bits per heavy atom. The predicted octanol–water partition coefficient (Wildman–Crippen LogP) is 3.77. The van der Waals surface area contributed by atoms with Crippen LogP contribution in [0.2, 0.25) is 0 Å². The van der Waals surface area contributed by atoms with Gasteiger partial charge in [-0.05, 0) is 58.4 Å². The number of aliphatic hydroxyl groups is 1. The Morgan fingerprint density at radius 1 is 1.55 bits per heavy atom. The second-order valence-corrected chi connectivity index (χ2v) is 6.29. The summed E-state index contributed by atoms with van der Waals surface area (Å²) in [5, 5.41) is 11.0. The van der Waals surface area contributed by atoms with Crippen molar-refractivity contribution in [1.82, 2.24) is 0 Å². The highest BCUT2D eigenvalue weighted by Crippen LogP contribution is 2.37. The first-order chi connectivity index (χ1) is 9.25. The van der Waals surface area contributed by atoms with Gasteiger partial charge in [-0.25, -0.2) is 0 Å². The number of carbonyl (C=O) groups excluding carboxylic acids is 1. The normalized spacial score (nSPS) is 27.5. The highest BCUT2D eigenvalue weighted by atomic mass is 16.6. The molecule has 0 saturated carbocycles. The summed E-state index contributed by atoms with van der Waals surface area (Å²) < 4.78 is 5.35. The molecule has 0 aromatic heterocycles. The molecule has 0 radical (unpaired) electrons. The molecule has 0 bridgehead atoms. The zero-order valence-corrected chi connectivity index (χ0v) is 13.4. The van der Waals surface area contributed by atoms with Crippen LogP contribution in [-0.2, 0) is 9.53 Å². The Kier molecular flexibility index (Phi) is 6.00. The number of hydrogen-bond acceptors (Lipinski definition) is 3. The largest absolute Gasteiger partial charge is 0.455 e. The molecule has 0 heterocycles. The van der Waals surface area contributed by atoms with Gasteiger partial charge in [0.15, 0.2) is 0 Å². The lowest BCUT2D eigenvalue weighted by atomic mass is 9.73. The molecule has 3 unspecified atom stereocenters. The van der Waals surface area contributed by atoms with Gasteiger partial charge in [-0.3, -0.25) is 4.79 Å². The summed E-state index contributed by atoms with van der Waals surface area (Å²) in [6.45, 7) is 9.61. The zero-order chi connectivity index (χ0) is 15.3. The molecular weight excluding hydrogens is 252 g/mol. The Balaban J connectivity index is 2.81. The third kappa shape index (κ3) is 4.48. The Bertz CT molecular complexity index is 404. The number of ether oxygens (including phenoxy) is 1. The molecule has 0 fully saturated rings. The van der Waals surface area contributed by atoms with Crippen molar-refractivity contribution in [2.24, 2.45) is 5.92 Å². The van der Waals surface area contributed by atoms with E-state index in [9.17, 15) is 9.90 Å². The molecule has 0 aromatic rings. The van der Waals surface area contributed by atoms with Crippen LogP contribution in [0.25, 0.3) is 0 Å². The van der Waals surface area contributed by atoms with Crippen molar-refractivity contribution in [3.8, 4) is 0 Å². The number of hydrogen-bond donors (Lipinski definition) is 1. The number of rotatable bonds is 5. The lowest BCUT2D eigenvalue weighted by molar-refractivity contribution is -0.165. The van der Waals surface area contributed by atoms with E-state index in [2.05, 4.69) is 19.9 Å². The molecule has 1 aliphatic rings. The van der Waals surface area contributed by atoms with Crippen LogP contribution in [0.5, 0.6) is 0 Å². The summed E-state index contributed by atoms with van der Waals surface area (Å²) in [7, 11) is 0. The summed E-state index contributed by atoms with van der Waals surface area (Å²) in [6.07, 6.45) is 6.93. The van der Waals surface area contributed by atoms with Crippen LogP contribution in [0.1, 0.15) is 60.3 Å².